The molecule has 9 heteroatoms. The van der Waals surface area contributed by atoms with Gasteiger partial charge in [0.25, 0.3) is 0 Å². The lowest BCUT2D eigenvalue weighted by atomic mass is 9.97. The van der Waals surface area contributed by atoms with Gasteiger partial charge in [0.2, 0.25) is 15.9 Å². The maximum atomic E-state index is 13.1. The molecule has 0 bridgehead atoms. The zero-order valence-corrected chi connectivity index (χ0v) is 19.2. The van der Waals surface area contributed by atoms with E-state index in [1.54, 1.807) is 14.2 Å². The molecule has 7 nitrogen and oxygen atoms in total. The molecule has 1 saturated heterocycles. The van der Waals surface area contributed by atoms with Crippen LogP contribution in [0.3, 0.4) is 0 Å². The number of rotatable bonds is 9. The highest BCUT2D eigenvalue weighted by atomic mass is 32.2. The average molecular weight is 465 g/mol. The molecule has 0 radical (unpaired) electrons. The Bertz CT molecular complexity index is 1020. The van der Waals surface area contributed by atoms with Crippen LogP contribution in [0.25, 0.3) is 0 Å². The Labute approximate surface area is 188 Å². The predicted octanol–water partition coefficient (Wildman–Crippen LogP) is 2.99. The van der Waals surface area contributed by atoms with Gasteiger partial charge in [-0.15, -0.1) is 0 Å². The van der Waals surface area contributed by atoms with Crippen LogP contribution >= 0.6 is 0 Å². The van der Waals surface area contributed by atoms with Gasteiger partial charge in [0.1, 0.15) is 5.82 Å². The van der Waals surface area contributed by atoms with E-state index in [2.05, 4.69) is 5.32 Å². The van der Waals surface area contributed by atoms with Gasteiger partial charge < -0.3 is 14.8 Å². The van der Waals surface area contributed by atoms with Crippen molar-refractivity contribution in [3.05, 3.63) is 53.8 Å². The quantitative estimate of drug-likeness (QED) is 0.577. The fourth-order valence-corrected chi connectivity index (χ4v) is 5.27. The number of ether oxygens (including phenoxy) is 2. The maximum absolute atomic E-state index is 13.1. The van der Waals surface area contributed by atoms with Crippen LogP contribution in [0.5, 0.6) is 11.5 Å². The van der Waals surface area contributed by atoms with Crippen LogP contribution in [0.2, 0.25) is 0 Å². The standard InChI is InChI=1S/C23H29FN2O5S/c1-30-21-10-5-17(16-22(21)31-2)4-3-13-25-23(27)18-11-14-26(15-12-18)32(28,29)20-8-6-19(24)7-9-20/h5-10,16,18H,3-4,11-15H2,1-2H3,(H,25,27). The Kier molecular flexibility index (Phi) is 8.09. The summed E-state index contributed by atoms with van der Waals surface area (Å²) in [5.41, 5.74) is 1.09. The number of benzene rings is 2. The molecule has 174 valence electrons. The van der Waals surface area contributed by atoms with Crippen LogP contribution in [0.4, 0.5) is 4.39 Å². The molecule has 32 heavy (non-hydrogen) atoms. The molecular formula is C23H29FN2O5S. The largest absolute Gasteiger partial charge is 0.493 e. The second-order valence-electron chi connectivity index (χ2n) is 7.72. The summed E-state index contributed by atoms with van der Waals surface area (Å²) in [6.07, 6.45) is 2.48. The normalized spacial score (nSPS) is 15.3. The van der Waals surface area contributed by atoms with Crippen LogP contribution in [0, 0.1) is 11.7 Å². The summed E-state index contributed by atoms with van der Waals surface area (Å²) in [7, 11) is -0.486. The van der Waals surface area contributed by atoms with Crippen molar-refractivity contribution in [1.29, 1.82) is 0 Å². The van der Waals surface area contributed by atoms with Gasteiger partial charge in [0.05, 0.1) is 19.1 Å². The third-order valence-corrected chi connectivity index (χ3v) is 7.58. The summed E-state index contributed by atoms with van der Waals surface area (Å²) in [6, 6.07) is 10.6. The second kappa shape index (κ2) is 10.8. The molecule has 1 aliphatic heterocycles. The number of carbonyl (C=O) groups excluding carboxylic acids is 1. The van der Waals surface area contributed by atoms with E-state index in [0.29, 0.717) is 30.9 Å². The third kappa shape index (κ3) is 5.77. The van der Waals surface area contributed by atoms with E-state index in [1.807, 2.05) is 18.2 Å². The summed E-state index contributed by atoms with van der Waals surface area (Å²) in [5, 5.41) is 2.96. The number of hydrogen-bond donors (Lipinski definition) is 1. The minimum Gasteiger partial charge on any atom is -0.493 e. The molecule has 1 aliphatic rings. The number of nitrogens with zero attached hydrogens (tertiary/aromatic N) is 1. The number of piperidine rings is 1. The summed E-state index contributed by atoms with van der Waals surface area (Å²) >= 11 is 0. The number of halogens is 1. The Morgan fingerprint density at radius 2 is 1.72 bits per heavy atom. The fourth-order valence-electron chi connectivity index (χ4n) is 3.80. The zero-order valence-electron chi connectivity index (χ0n) is 18.3. The molecule has 3 rings (SSSR count). The highest BCUT2D eigenvalue weighted by molar-refractivity contribution is 7.89. The van der Waals surface area contributed by atoms with Crippen molar-refractivity contribution in [2.45, 2.75) is 30.6 Å². The number of aryl methyl sites for hydroxylation is 1. The number of amides is 1. The molecule has 1 N–H and O–H groups in total. The minimum atomic E-state index is -3.67. The molecule has 2 aromatic carbocycles. The van der Waals surface area contributed by atoms with E-state index in [0.717, 1.165) is 30.5 Å². The molecule has 0 aliphatic carbocycles. The van der Waals surface area contributed by atoms with Gasteiger partial charge in [0, 0.05) is 25.6 Å². The lowest BCUT2D eigenvalue weighted by Gasteiger charge is -2.30. The van der Waals surface area contributed by atoms with Gasteiger partial charge in [-0.1, -0.05) is 6.07 Å². The van der Waals surface area contributed by atoms with Crippen LogP contribution < -0.4 is 14.8 Å². The van der Waals surface area contributed by atoms with Crippen LogP contribution in [-0.2, 0) is 21.2 Å². The van der Waals surface area contributed by atoms with Crippen LogP contribution in [0.1, 0.15) is 24.8 Å². The van der Waals surface area contributed by atoms with Crippen molar-refractivity contribution >= 4 is 15.9 Å². The van der Waals surface area contributed by atoms with Gasteiger partial charge in [-0.05, 0) is 67.6 Å². The first-order chi connectivity index (χ1) is 15.3. The number of hydrogen-bond acceptors (Lipinski definition) is 5. The van der Waals surface area contributed by atoms with E-state index in [1.165, 1.54) is 16.4 Å². The second-order valence-corrected chi connectivity index (χ2v) is 9.65. The van der Waals surface area contributed by atoms with Gasteiger partial charge in [-0.3, -0.25) is 4.79 Å². The van der Waals surface area contributed by atoms with Crippen molar-refractivity contribution in [2.75, 3.05) is 33.9 Å². The zero-order chi connectivity index (χ0) is 23.1. The lowest BCUT2D eigenvalue weighted by molar-refractivity contribution is -0.126. The Morgan fingerprint density at radius 1 is 1.06 bits per heavy atom. The van der Waals surface area contributed by atoms with E-state index in [-0.39, 0.29) is 29.8 Å². The number of methoxy groups -OCH3 is 2. The van der Waals surface area contributed by atoms with Gasteiger partial charge in [-0.25, -0.2) is 12.8 Å². The van der Waals surface area contributed by atoms with Crippen molar-refractivity contribution in [2.24, 2.45) is 5.92 Å². The lowest BCUT2D eigenvalue weighted by Crippen LogP contribution is -2.43. The van der Waals surface area contributed by atoms with E-state index < -0.39 is 15.8 Å². The summed E-state index contributed by atoms with van der Waals surface area (Å²) in [6.45, 7) is 1.08. The maximum Gasteiger partial charge on any atom is 0.243 e. The molecule has 0 unspecified atom stereocenters. The fraction of sp³-hybridized carbons (Fsp3) is 0.435. The first kappa shape index (κ1) is 24.0. The first-order valence-electron chi connectivity index (χ1n) is 10.6. The van der Waals surface area contributed by atoms with Crippen molar-refractivity contribution in [3.8, 4) is 11.5 Å². The highest BCUT2D eigenvalue weighted by Crippen LogP contribution is 2.28. The monoisotopic (exact) mass is 464 g/mol. The van der Waals surface area contributed by atoms with E-state index in [4.69, 9.17) is 9.47 Å². The SMILES string of the molecule is COc1ccc(CCCNC(=O)C2CCN(S(=O)(=O)c3ccc(F)cc3)CC2)cc1OC. The molecule has 1 heterocycles. The molecule has 0 atom stereocenters. The molecule has 2 aromatic rings. The number of carbonyl (C=O) groups is 1. The molecule has 0 aromatic heterocycles. The summed E-state index contributed by atoms with van der Waals surface area (Å²) in [4.78, 5) is 12.6. The highest BCUT2D eigenvalue weighted by Gasteiger charge is 2.31. The summed E-state index contributed by atoms with van der Waals surface area (Å²) < 4.78 is 50.4. The van der Waals surface area contributed by atoms with Crippen molar-refractivity contribution < 1.29 is 27.1 Å². The average Bonchev–Trinajstić information content (AvgIpc) is 2.81. The third-order valence-electron chi connectivity index (χ3n) is 5.67. The topological polar surface area (TPSA) is 84.9 Å². The van der Waals surface area contributed by atoms with Gasteiger partial charge >= 0.3 is 0 Å². The first-order valence-corrected chi connectivity index (χ1v) is 12.0. The number of sulfonamides is 1. The van der Waals surface area contributed by atoms with E-state index in [9.17, 15) is 17.6 Å². The molecular weight excluding hydrogens is 435 g/mol. The smallest absolute Gasteiger partial charge is 0.243 e. The van der Waals surface area contributed by atoms with Gasteiger partial charge in [-0.2, -0.15) is 4.31 Å². The van der Waals surface area contributed by atoms with Crippen LogP contribution in [0.15, 0.2) is 47.4 Å². The Hall–Kier alpha value is -2.65. The van der Waals surface area contributed by atoms with Gasteiger partial charge in [0.15, 0.2) is 11.5 Å². The van der Waals surface area contributed by atoms with E-state index >= 15 is 0 Å². The molecule has 1 fully saturated rings. The van der Waals surface area contributed by atoms with Crippen LogP contribution in [-0.4, -0.2) is 52.5 Å². The number of nitrogens with one attached hydrogen (secondary N) is 1. The molecule has 0 spiro atoms. The Balaban J connectivity index is 1.43. The summed E-state index contributed by atoms with van der Waals surface area (Å²) in [5.74, 6) is 0.617. The predicted molar refractivity (Wildman–Crippen MR) is 119 cm³/mol. The van der Waals surface area contributed by atoms with Crippen molar-refractivity contribution in [3.63, 3.8) is 0 Å². The molecule has 1 amide bonds. The Morgan fingerprint density at radius 3 is 2.34 bits per heavy atom. The minimum absolute atomic E-state index is 0.0452. The van der Waals surface area contributed by atoms with Crippen molar-refractivity contribution in [1.82, 2.24) is 9.62 Å². The molecule has 0 saturated carbocycles.